The summed E-state index contributed by atoms with van der Waals surface area (Å²) in [6, 6.07) is 9.10. The van der Waals surface area contributed by atoms with Gasteiger partial charge in [-0.3, -0.25) is 9.59 Å². The van der Waals surface area contributed by atoms with E-state index in [1.807, 2.05) is 26.0 Å². The molecule has 1 amide bonds. The van der Waals surface area contributed by atoms with Crippen LogP contribution in [0.25, 0.3) is 10.8 Å². The number of benzene rings is 1. The van der Waals surface area contributed by atoms with Crippen LogP contribution in [0.3, 0.4) is 0 Å². The molecule has 0 aliphatic rings. The SMILES string of the molecule is CCN[C@H](C)CNC(=O)c1cc2ccccc2c(=O)[nH]1.Cl. The summed E-state index contributed by atoms with van der Waals surface area (Å²) >= 11 is 0. The van der Waals surface area contributed by atoms with E-state index in [0.29, 0.717) is 11.9 Å². The van der Waals surface area contributed by atoms with Gasteiger partial charge >= 0.3 is 0 Å². The molecule has 6 heteroatoms. The van der Waals surface area contributed by atoms with Gasteiger partial charge in [0.25, 0.3) is 11.5 Å². The van der Waals surface area contributed by atoms with Crippen LogP contribution >= 0.6 is 12.4 Å². The molecule has 1 atom stereocenters. The molecule has 5 nitrogen and oxygen atoms in total. The largest absolute Gasteiger partial charge is 0.349 e. The molecule has 0 saturated carbocycles. The molecule has 21 heavy (non-hydrogen) atoms. The van der Waals surface area contributed by atoms with Gasteiger partial charge in [0.2, 0.25) is 0 Å². The number of hydrogen-bond acceptors (Lipinski definition) is 3. The zero-order valence-corrected chi connectivity index (χ0v) is 12.9. The molecule has 1 aromatic carbocycles. The Morgan fingerprint density at radius 3 is 2.76 bits per heavy atom. The number of carbonyl (C=O) groups is 1. The highest BCUT2D eigenvalue weighted by Gasteiger charge is 2.10. The number of rotatable bonds is 5. The second-order valence-electron chi connectivity index (χ2n) is 4.77. The number of aromatic nitrogens is 1. The first kappa shape index (κ1) is 17.2. The molecule has 0 aliphatic heterocycles. The van der Waals surface area contributed by atoms with E-state index in [1.165, 1.54) is 0 Å². The molecule has 2 rings (SSSR count). The zero-order chi connectivity index (χ0) is 14.5. The van der Waals surface area contributed by atoms with Crippen LogP contribution in [0.2, 0.25) is 0 Å². The minimum Gasteiger partial charge on any atom is -0.349 e. The maximum Gasteiger partial charge on any atom is 0.267 e. The highest BCUT2D eigenvalue weighted by molar-refractivity contribution is 5.96. The van der Waals surface area contributed by atoms with E-state index in [9.17, 15) is 9.59 Å². The molecule has 0 unspecified atom stereocenters. The van der Waals surface area contributed by atoms with Crippen molar-refractivity contribution in [3.8, 4) is 0 Å². The number of pyridine rings is 1. The highest BCUT2D eigenvalue weighted by atomic mass is 35.5. The van der Waals surface area contributed by atoms with Gasteiger partial charge in [0.1, 0.15) is 5.69 Å². The third-order valence-corrected chi connectivity index (χ3v) is 3.12. The summed E-state index contributed by atoms with van der Waals surface area (Å²) < 4.78 is 0. The highest BCUT2D eigenvalue weighted by Crippen LogP contribution is 2.09. The lowest BCUT2D eigenvalue weighted by Gasteiger charge is -2.13. The molecular formula is C15H20ClN3O2. The molecule has 114 valence electrons. The standard InChI is InChI=1S/C15H19N3O2.ClH/c1-3-16-10(2)9-17-15(20)13-8-11-6-4-5-7-12(11)14(19)18-13;/h4-8,10,16H,3,9H2,1-2H3,(H,17,20)(H,18,19);1H/t10-;/m1./s1. The van der Waals surface area contributed by atoms with Gasteiger partial charge in [0, 0.05) is 18.0 Å². The monoisotopic (exact) mass is 309 g/mol. The Morgan fingerprint density at radius 1 is 1.33 bits per heavy atom. The average Bonchev–Trinajstić information content (AvgIpc) is 2.45. The Bertz CT molecular complexity index is 669. The summed E-state index contributed by atoms with van der Waals surface area (Å²) in [5, 5.41) is 7.36. The summed E-state index contributed by atoms with van der Waals surface area (Å²) in [6.45, 7) is 5.37. The maximum atomic E-state index is 12.0. The van der Waals surface area contributed by atoms with E-state index in [-0.39, 0.29) is 35.6 Å². The molecule has 2 aromatic rings. The summed E-state index contributed by atoms with van der Waals surface area (Å²) in [7, 11) is 0. The summed E-state index contributed by atoms with van der Waals surface area (Å²) in [6.07, 6.45) is 0. The van der Waals surface area contributed by atoms with Crippen LogP contribution in [-0.2, 0) is 0 Å². The summed E-state index contributed by atoms with van der Waals surface area (Å²) in [5.41, 5.74) is 0.0466. The van der Waals surface area contributed by atoms with Crippen molar-refractivity contribution in [2.75, 3.05) is 13.1 Å². The van der Waals surface area contributed by atoms with E-state index in [0.717, 1.165) is 11.9 Å². The summed E-state index contributed by atoms with van der Waals surface area (Å²) in [5.74, 6) is -0.266. The van der Waals surface area contributed by atoms with Crippen molar-refractivity contribution < 1.29 is 4.79 Å². The molecular weight excluding hydrogens is 290 g/mol. The molecule has 0 saturated heterocycles. The van der Waals surface area contributed by atoms with Gasteiger partial charge in [-0.15, -0.1) is 12.4 Å². The van der Waals surface area contributed by atoms with Gasteiger partial charge in [-0.2, -0.15) is 0 Å². The van der Waals surface area contributed by atoms with Crippen LogP contribution in [-0.4, -0.2) is 30.0 Å². The van der Waals surface area contributed by atoms with Crippen molar-refractivity contribution in [3.63, 3.8) is 0 Å². The van der Waals surface area contributed by atoms with Crippen LogP contribution in [0.5, 0.6) is 0 Å². The Balaban J connectivity index is 0.00000220. The third kappa shape index (κ3) is 4.31. The predicted octanol–water partition coefficient (Wildman–Crippen LogP) is 1.68. The first-order chi connectivity index (χ1) is 9.61. The first-order valence-corrected chi connectivity index (χ1v) is 6.75. The van der Waals surface area contributed by atoms with Crippen LogP contribution in [0, 0.1) is 0 Å². The normalized spacial score (nSPS) is 11.7. The van der Waals surface area contributed by atoms with E-state index < -0.39 is 0 Å². The number of carbonyl (C=O) groups excluding carboxylic acids is 1. The van der Waals surface area contributed by atoms with Gasteiger partial charge < -0.3 is 15.6 Å². The van der Waals surface area contributed by atoms with Crippen LogP contribution in [0.1, 0.15) is 24.3 Å². The lowest BCUT2D eigenvalue weighted by molar-refractivity contribution is 0.0945. The van der Waals surface area contributed by atoms with Crippen molar-refractivity contribution in [1.82, 2.24) is 15.6 Å². The Labute approximate surface area is 129 Å². The number of nitrogens with one attached hydrogen (secondary N) is 3. The van der Waals surface area contributed by atoms with Crippen molar-refractivity contribution >= 4 is 29.1 Å². The van der Waals surface area contributed by atoms with Crippen molar-refractivity contribution in [2.45, 2.75) is 19.9 Å². The molecule has 0 aliphatic carbocycles. The van der Waals surface area contributed by atoms with E-state index >= 15 is 0 Å². The number of hydrogen-bond donors (Lipinski definition) is 3. The molecule has 1 aromatic heterocycles. The number of amides is 1. The maximum absolute atomic E-state index is 12.0. The Hall–Kier alpha value is -1.85. The van der Waals surface area contributed by atoms with Crippen molar-refractivity contribution in [2.24, 2.45) is 0 Å². The smallest absolute Gasteiger partial charge is 0.267 e. The topological polar surface area (TPSA) is 74.0 Å². The molecule has 1 heterocycles. The molecule has 0 radical (unpaired) electrons. The fourth-order valence-electron chi connectivity index (χ4n) is 2.09. The fourth-order valence-corrected chi connectivity index (χ4v) is 2.09. The first-order valence-electron chi connectivity index (χ1n) is 6.75. The molecule has 3 N–H and O–H groups in total. The van der Waals surface area contributed by atoms with E-state index in [4.69, 9.17) is 0 Å². The lowest BCUT2D eigenvalue weighted by Crippen LogP contribution is -2.39. The van der Waals surface area contributed by atoms with Crippen molar-refractivity contribution in [1.29, 1.82) is 0 Å². The number of H-pyrrole nitrogens is 1. The minimum atomic E-state index is -0.266. The quantitative estimate of drug-likeness (QED) is 0.786. The number of fused-ring (bicyclic) bond motifs is 1. The lowest BCUT2D eigenvalue weighted by atomic mass is 10.1. The molecule has 0 bridgehead atoms. The van der Waals surface area contributed by atoms with Crippen LogP contribution in [0.15, 0.2) is 35.1 Å². The van der Waals surface area contributed by atoms with Gasteiger partial charge in [-0.05, 0) is 31.0 Å². The van der Waals surface area contributed by atoms with Crippen LogP contribution in [0.4, 0.5) is 0 Å². The summed E-state index contributed by atoms with van der Waals surface area (Å²) in [4.78, 5) is 26.6. The third-order valence-electron chi connectivity index (χ3n) is 3.12. The Kier molecular flexibility index (Phi) is 6.39. The number of halogens is 1. The zero-order valence-electron chi connectivity index (χ0n) is 12.1. The minimum absolute atomic E-state index is 0. The average molecular weight is 310 g/mol. The predicted molar refractivity (Wildman–Crippen MR) is 87.3 cm³/mol. The van der Waals surface area contributed by atoms with Gasteiger partial charge in [0.05, 0.1) is 0 Å². The molecule has 0 spiro atoms. The van der Waals surface area contributed by atoms with Crippen molar-refractivity contribution in [3.05, 3.63) is 46.4 Å². The second-order valence-corrected chi connectivity index (χ2v) is 4.77. The van der Waals surface area contributed by atoms with Crippen LogP contribution < -0.4 is 16.2 Å². The molecule has 0 fully saturated rings. The fraction of sp³-hybridized carbons (Fsp3) is 0.333. The van der Waals surface area contributed by atoms with E-state index in [1.54, 1.807) is 18.2 Å². The van der Waals surface area contributed by atoms with Gasteiger partial charge in [0.15, 0.2) is 0 Å². The van der Waals surface area contributed by atoms with Gasteiger partial charge in [-0.25, -0.2) is 0 Å². The number of aromatic amines is 1. The second kappa shape index (κ2) is 7.81. The van der Waals surface area contributed by atoms with Gasteiger partial charge in [-0.1, -0.05) is 25.1 Å². The Morgan fingerprint density at radius 2 is 2.05 bits per heavy atom. The number of likely N-dealkylation sites (N-methyl/N-ethyl adjacent to an activating group) is 1. The van der Waals surface area contributed by atoms with E-state index in [2.05, 4.69) is 15.6 Å².